The molecule has 0 aliphatic carbocycles. The molecular weight excluding hydrogens is 275 g/mol. The lowest BCUT2D eigenvalue weighted by Gasteiger charge is -2.29. The molecule has 1 N–H and O–H groups in total. The molecule has 1 aliphatic rings. The zero-order valence-electron chi connectivity index (χ0n) is 10.6. The Morgan fingerprint density at radius 2 is 1.95 bits per heavy atom. The van der Waals surface area contributed by atoms with E-state index in [1.54, 1.807) is 0 Å². The Bertz CT molecular complexity index is 473. The summed E-state index contributed by atoms with van der Waals surface area (Å²) in [6, 6.07) is 4.34. The second kappa shape index (κ2) is 5.70. The van der Waals surface area contributed by atoms with Crippen LogP contribution in [0, 0.1) is 5.92 Å². The third kappa shape index (κ3) is 3.63. The monoisotopic (exact) mass is 289 g/mol. The fraction of sp³-hybridized carbons (Fsp3) is 0.462. The molecular formula is C13H14F3NO3. The normalized spacial score (nSPS) is 20.6. The van der Waals surface area contributed by atoms with E-state index in [4.69, 9.17) is 9.94 Å². The average Bonchev–Trinajstić information content (AvgIpc) is 2.38. The van der Waals surface area contributed by atoms with E-state index < -0.39 is 23.6 Å². The van der Waals surface area contributed by atoms with Gasteiger partial charge in [-0.2, -0.15) is 13.2 Å². The number of alkyl halides is 3. The number of hydrogen-bond donors (Lipinski definition) is 1. The second-order valence-electron chi connectivity index (χ2n) is 4.68. The molecule has 0 radical (unpaired) electrons. The minimum atomic E-state index is -4.38. The molecule has 4 nitrogen and oxygen atoms in total. The Morgan fingerprint density at radius 3 is 2.50 bits per heavy atom. The number of benzene rings is 1. The Labute approximate surface area is 113 Å². The van der Waals surface area contributed by atoms with Crippen LogP contribution in [-0.2, 0) is 11.0 Å². The molecule has 110 valence electrons. The fourth-order valence-corrected chi connectivity index (χ4v) is 2.08. The minimum absolute atomic E-state index is 0.232. The number of hydrogen-bond acceptors (Lipinski definition) is 3. The van der Waals surface area contributed by atoms with Crippen LogP contribution < -0.4 is 4.84 Å². The number of piperidine rings is 1. The number of carbonyl (C=O) groups is 1. The predicted molar refractivity (Wildman–Crippen MR) is 64.0 cm³/mol. The molecule has 1 atom stereocenters. The molecule has 1 heterocycles. The van der Waals surface area contributed by atoms with Gasteiger partial charge in [0.2, 0.25) is 0 Å². The quantitative estimate of drug-likeness (QED) is 0.929. The fourth-order valence-electron chi connectivity index (χ4n) is 2.08. The Kier molecular flexibility index (Phi) is 4.17. The second-order valence-corrected chi connectivity index (χ2v) is 4.68. The van der Waals surface area contributed by atoms with Gasteiger partial charge < -0.3 is 9.94 Å². The van der Waals surface area contributed by atoms with Crippen molar-refractivity contribution in [2.75, 3.05) is 13.1 Å². The van der Waals surface area contributed by atoms with Crippen LogP contribution in [0.3, 0.4) is 0 Å². The van der Waals surface area contributed by atoms with Crippen molar-refractivity contribution in [3.05, 3.63) is 29.8 Å². The molecule has 20 heavy (non-hydrogen) atoms. The van der Waals surface area contributed by atoms with Crippen molar-refractivity contribution in [2.24, 2.45) is 5.92 Å². The third-order valence-corrected chi connectivity index (χ3v) is 3.15. The van der Waals surface area contributed by atoms with E-state index in [2.05, 4.69) is 0 Å². The van der Waals surface area contributed by atoms with E-state index in [0.29, 0.717) is 19.4 Å². The van der Waals surface area contributed by atoms with Crippen molar-refractivity contribution in [1.82, 2.24) is 5.06 Å². The molecule has 1 aromatic rings. The number of carboxylic acid groups (broad SMARTS) is 1. The van der Waals surface area contributed by atoms with E-state index >= 15 is 0 Å². The first-order valence-corrected chi connectivity index (χ1v) is 6.19. The van der Waals surface area contributed by atoms with Crippen LogP contribution in [0.15, 0.2) is 24.3 Å². The number of aliphatic carboxylic acids is 1. The van der Waals surface area contributed by atoms with E-state index in [-0.39, 0.29) is 12.3 Å². The summed E-state index contributed by atoms with van der Waals surface area (Å²) in [6.45, 7) is 0.793. The summed E-state index contributed by atoms with van der Waals surface area (Å²) >= 11 is 0. The lowest BCUT2D eigenvalue weighted by atomic mass is 10.00. The van der Waals surface area contributed by atoms with Gasteiger partial charge >= 0.3 is 12.1 Å². The zero-order chi connectivity index (χ0) is 14.8. The van der Waals surface area contributed by atoms with Gasteiger partial charge in [-0.25, -0.2) is 0 Å². The third-order valence-electron chi connectivity index (χ3n) is 3.15. The van der Waals surface area contributed by atoms with Gasteiger partial charge in [-0.3, -0.25) is 4.79 Å². The summed E-state index contributed by atoms with van der Waals surface area (Å²) in [5.41, 5.74) is -0.744. The van der Waals surface area contributed by atoms with Gasteiger partial charge in [0, 0.05) is 13.1 Å². The molecule has 1 unspecified atom stereocenters. The zero-order valence-corrected chi connectivity index (χ0v) is 10.6. The van der Waals surface area contributed by atoms with Gasteiger partial charge in [0.25, 0.3) is 0 Å². The maximum Gasteiger partial charge on any atom is 0.416 e. The van der Waals surface area contributed by atoms with Gasteiger partial charge in [0.15, 0.2) is 0 Å². The Morgan fingerprint density at radius 1 is 1.30 bits per heavy atom. The van der Waals surface area contributed by atoms with Crippen LogP contribution in [-0.4, -0.2) is 29.2 Å². The number of carboxylic acids is 1. The van der Waals surface area contributed by atoms with Gasteiger partial charge in [-0.1, -0.05) is 0 Å². The van der Waals surface area contributed by atoms with Crippen LogP contribution >= 0.6 is 0 Å². The summed E-state index contributed by atoms with van der Waals surface area (Å²) in [6.07, 6.45) is -3.11. The SMILES string of the molecule is O=C(O)C1CCCN(Oc2ccc(C(F)(F)F)cc2)C1. The standard InChI is InChI=1S/C13H14F3NO3/c14-13(15,16)10-3-5-11(6-4-10)20-17-7-1-2-9(8-17)12(18)19/h3-6,9H,1-2,7-8H2,(H,18,19). The minimum Gasteiger partial charge on any atom is -0.481 e. The topological polar surface area (TPSA) is 49.8 Å². The maximum absolute atomic E-state index is 12.4. The maximum atomic E-state index is 12.4. The molecule has 0 saturated carbocycles. The highest BCUT2D eigenvalue weighted by Gasteiger charge is 2.30. The highest BCUT2D eigenvalue weighted by atomic mass is 19.4. The lowest BCUT2D eigenvalue weighted by Crippen LogP contribution is -2.40. The molecule has 0 aromatic heterocycles. The number of hydroxylamine groups is 2. The van der Waals surface area contributed by atoms with Crippen LogP contribution in [0.2, 0.25) is 0 Å². The Balaban J connectivity index is 1.98. The number of halogens is 3. The Hall–Kier alpha value is -1.76. The molecule has 0 amide bonds. The van der Waals surface area contributed by atoms with Crippen LogP contribution in [0.25, 0.3) is 0 Å². The smallest absolute Gasteiger partial charge is 0.416 e. The van der Waals surface area contributed by atoms with Crippen molar-refractivity contribution in [3.8, 4) is 5.75 Å². The van der Waals surface area contributed by atoms with Crippen molar-refractivity contribution in [1.29, 1.82) is 0 Å². The van der Waals surface area contributed by atoms with E-state index in [9.17, 15) is 18.0 Å². The van der Waals surface area contributed by atoms with Gasteiger partial charge in [-0.15, -0.1) is 5.06 Å². The molecule has 1 fully saturated rings. The predicted octanol–water partition coefficient (Wildman–Crippen LogP) is 2.80. The highest BCUT2D eigenvalue weighted by Crippen LogP contribution is 2.30. The van der Waals surface area contributed by atoms with Gasteiger partial charge in [0.05, 0.1) is 11.5 Å². The number of rotatable bonds is 3. The van der Waals surface area contributed by atoms with Crippen molar-refractivity contribution >= 4 is 5.97 Å². The summed E-state index contributed by atoms with van der Waals surface area (Å²) in [5.74, 6) is -1.12. The van der Waals surface area contributed by atoms with E-state index in [1.807, 2.05) is 0 Å². The highest BCUT2D eigenvalue weighted by molar-refractivity contribution is 5.70. The summed E-state index contributed by atoms with van der Waals surface area (Å²) < 4.78 is 37.2. The first-order valence-electron chi connectivity index (χ1n) is 6.19. The molecule has 2 rings (SSSR count). The summed E-state index contributed by atoms with van der Waals surface area (Å²) in [7, 11) is 0. The molecule has 0 bridgehead atoms. The average molecular weight is 289 g/mol. The first kappa shape index (κ1) is 14.6. The van der Waals surface area contributed by atoms with Crippen LogP contribution in [0.4, 0.5) is 13.2 Å². The van der Waals surface area contributed by atoms with Crippen molar-refractivity contribution in [2.45, 2.75) is 19.0 Å². The van der Waals surface area contributed by atoms with Crippen LogP contribution in [0.1, 0.15) is 18.4 Å². The first-order chi connectivity index (χ1) is 9.36. The van der Waals surface area contributed by atoms with Crippen molar-refractivity contribution < 1.29 is 27.9 Å². The van der Waals surface area contributed by atoms with Crippen LogP contribution in [0.5, 0.6) is 5.75 Å². The van der Waals surface area contributed by atoms with E-state index in [0.717, 1.165) is 12.1 Å². The van der Waals surface area contributed by atoms with E-state index in [1.165, 1.54) is 17.2 Å². The molecule has 1 aromatic carbocycles. The largest absolute Gasteiger partial charge is 0.481 e. The number of nitrogens with zero attached hydrogens (tertiary/aromatic N) is 1. The molecule has 1 saturated heterocycles. The van der Waals surface area contributed by atoms with Gasteiger partial charge in [0.1, 0.15) is 5.75 Å². The van der Waals surface area contributed by atoms with Crippen molar-refractivity contribution in [3.63, 3.8) is 0 Å². The molecule has 0 spiro atoms. The molecule has 7 heteroatoms. The lowest BCUT2D eigenvalue weighted by molar-refractivity contribution is -0.151. The summed E-state index contributed by atoms with van der Waals surface area (Å²) in [5, 5.41) is 10.4. The summed E-state index contributed by atoms with van der Waals surface area (Å²) in [4.78, 5) is 16.3. The van der Waals surface area contributed by atoms with Gasteiger partial charge in [-0.05, 0) is 37.1 Å². The molecule has 1 aliphatic heterocycles.